The number of likely N-dealkylation sites (tertiary alicyclic amines) is 1. The summed E-state index contributed by atoms with van der Waals surface area (Å²) in [5.74, 6) is 1.15. The standard InChI is InChI=1S/C32H37NO6/c1-31(2,3)19-7-10-27-22(15-19)29-23(32(4,5)39-27)16-24-28(38-29)12-13-33(24)17-20-8-11-26(37-20)18-6-9-21(30(35)36)25(34)14-18/h6-11,14-15,23-24,28-29,34H,12-13,16-17H2,1-5H3,(H,35,36)/t23-,24+,28-,29+/m1/s1. The molecular weight excluding hydrogens is 494 g/mol. The number of carboxylic acid groups (broad SMARTS) is 1. The van der Waals surface area contributed by atoms with Gasteiger partial charge in [0.15, 0.2) is 0 Å². The van der Waals surface area contributed by atoms with Gasteiger partial charge in [-0.2, -0.15) is 0 Å². The van der Waals surface area contributed by atoms with Gasteiger partial charge in [0.1, 0.15) is 34.2 Å². The Morgan fingerprint density at radius 1 is 1.10 bits per heavy atom. The second-order valence-corrected chi connectivity index (χ2v) is 12.8. The molecule has 0 spiro atoms. The van der Waals surface area contributed by atoms with Gasteiger partial charge in [0, 0.05) is 29.6 Å². The van der Waals surface area contributed by atoms with E-state index in [4.69, 9.17) is 13.9 Å². The topological polar surface area (TPSA) is 92.4 Å². The van der Waals surface area contributed by atoms with Gasteiger partial charge in [-0.05, 0) is 74.1 Å². The number of hydrogen-bond acceptors (Lipinski definition) is 6. The van der Waals surface area contributed by atoms with Crippen LogP contribution in [0.3, 0.4) is 0 Å². The van der Waals surface area contributed by atoms with Gasteiger partial charge in [-0.25, -0.2) is 4.79 Å². The molecule has 4 heterocycles. The number of phenols is 1. The van der Waals surface area contributed by atoms with Crippen LogP contribution in [0.1, 0.15) is 80.8 Å². The zero-order valence-corrected chi connectivity index (χ0v) is 23.2. The molecule has 206 valence electrons. The van der Waals surface area contributed by atoms with Gasteiger partial charge in [0.25, 0.3) is 0 Å². The van der Waals surface area contributed by atoms with Crippen molar-refractivity contribution >= 4 is 5.97 Å². The minimum absolute atomic E-state index is 0.0175. The van der Waals surface area contributed by atoms with Crippen LogP contribution in [0.25, 0.3) is 11.3 Å². The van der Waals surface area contributed by atoms with E-state index in [1.54, 1.807) is 6.07 Å². The minimum Gasteiger partial charge on any atom is -0.507 e. The SMILES string of the molecule is CC(C)(C)c1ccc2c(c1)[C@@H]1O[C@@H]3CCN(Cc4ccc(-c5ccc(C(=O)O)c(O)c5)o4)[C@H]3C[C@H]1C(C)(C)O2. The van der Waals surface area contributed by atoms with Crippen molar-refractivity contribution in [1.29, 1.82) is 0 Å². The molecular formula is C32H37NO6. The first-order valence-electron chi connectivity index (χ1n) is 13.8. The Bertz CT molecular complexity index is 1420. The minimum atomic E-state index is -1.16. The van der Waals surface area contributed by atoms with E-state index in [0.717, 1.165) is 30.9 Å². The maximum Gasteiger partial charge on any atom is 0.339 e. The van der Waals surface area contributed by atoms with E-state index in [9.17, 15) is 15.0 Å². The van der Waals surface area contributed by atoms with Crippen molar-refractivity contribution in [2.45, 2.75) is 83.3 Å². The number of benzene rings is 2. The molecule has 6 rings (SSSR count). The van der Waals surface area contributed by atoms with Crippen LogP contribution in [-0.2, 0) is 16.7 Å². The Kier molecular flexibility index (Phi) is 6.08. The van der Waals surface area contributed by atoms with Gasteiger partial charge < -0.3 is 24.1 Å². The molecule has 2 saturated heterocycles. The lowest BCUT2D eigenvalue weighted by molar-refractivity contribution is -0.162. The van der Waals surface area contributed by atoms with Crippen molar-refractivity contribution in [1.82, 2.24) is 4.90 Å². The van der Waals surface area contributed by atoms with Crippen LogP contribution in [-0.4, -0.2) is 45.4 Å². The zero-order valence-electron chi connectivity index (χ0n) is 23.2. The summed E-state index contributed by atoms with van der Waals surface area (Å²) in [5.41, 5.74) is 2.69. The highest BCUT2D eigenvalue weighted by Gasteiger charge is 2.53. The molecule has 2 fully saturated rings. The number of carbonyl (C=O) groups is 1. The van der Waals surface area contributed by atoms with Crippen molar-refractivity contribution in [3.63, 3.8) is 0 Å². The summed E-state index contributed by atoms with van der Waals surface area (Å²) in [6.07, 6.45) is 2.13. The van der Waals surface area contributed by atoms with Gasteiger partial charge in [-0.3, -0.25) is 4.90 Å². The van der Waals surface area contributed by atoms with Crippen molar-refractivity contribution in [2.24, 2.45) is 5.92 Å². The van der Waals surface area contributed by atoms with E-state index in [1.807, 2.05) is 12.1 Å². The van der Waals surface area contributed by atoms with Crippen molar-refractivity contribution < 1.29 is 28.9 Å². The maximum absolute atomic E-state index is 11.2. The third-order valence-electron chi connectivity index (χ3n) is 8.76. The molecule has 0 radical (unpaired) electrons. The molecule has 1 aromatic heterocycles. The predicted molar refractivity (Wildman–Crippen MR) is 147 cm³/mol. The normalized spacial score (nSPS) is 25.9. The fraction of sp³-hybridized carbons (Fsp3) is 0.469. The van der Waals surface area contributed by atoms with Gasteiger partial charge >= 0.3 is 5.97 Å². The monoisotopic (exact) mass is 531 g/mol. The van der Waals surface area contributed by atoms with Crippen LogP contribution in [0, 0.1) is 5.92 Å². The Balaban J connectivity index is 1.21. The molecule has 2 N–H and O–H groups in total. The first-order chi connectivity index (χ1) is 18.4. The molecule has 3 aliphatic rings. The molecule has 7 heteroatoms. The molecule has 3 aliphatic heterocycles. The highest BCUT2D eigenvalue weighted by Crippen LogP contribution is 2.53. The number of furan rings is 1. The fourth-order valence-electron chi connectivity index (χ4n) is 6.52. The average Bonchev–Trinajstić information content (AvgIpc) is 3.49. The summed E-state index contributed by atoms with van der Waals surface area (Å²) in [6, 6.07) is 15.2. The van der Waals surface area contributed by atoms with Crippen molar-refractivity contribution in [2.75, 3.05) is 6.54 Å². The second-order valence-electron chi connectivity index (χ2n) is 12.8. The summed E-state index contributed by atoms with van der Waals surface area (Å²) < 4.78 is 19.6. The molecule has 4 atom stereocenters. The van der Waals surface area contributed by atoms with Gasteiger partial charge in [0.05, 0.1) is 18.8 Å². The highest BCUT2D eigenvalue weighted by atomic mass is 16.5. The molecule has 0 aliphatic carbocycles. The van der Waals surface area contributed by atoms with E-state index in [1.165, 1.54) is 23.3 Å². The number of carboxylic acids is 1. The number of ether oxygens (including phenoxy) is 2. The van der Waals surface area contributed by atoms with Crippen LogP contribution in [0.2, 0.25) is 0 Å². The molecule has 3 aromatic rings. The molecule has 2 aromatic carbocycles. The zero-order chi connectivity index (χ0) is 27.7. The van der Waals surface area contributed by atoms with E-state index < -0.39 is 5.97 Å². The van der Waals surface area contributed by atoms with Crippen molar-refractivity contribution in [3.05, 3.63) is 71.0 Å². The van der Waals surface area contributed by atoms with Crippen LogP contribution in [0.5, 0.6) is 11.5 Å². The summed E-state index contributed by atoms with van der Waals surface area (Å²) in [5, 5.41) is 19.3. The summed E-state index contributed by atoms with van der Waals surface area (Å²) >= 11 is 0. The Hall–Kier alpha value is -3.29. The van der Waals surface area contributed by atoms with E-state index >= 15 is 0 Å². The van der Waals surface area contributed by atoms with Crippen LogP contribution in [0.15, 0.2) is 52.9 Å². The highest BCUT2D eigenvalue weighted by molar-refractivity contribution is 5.91. The Labute approximate surface area is 229 Å². The number of hydrogen-bond donors (Lipinski definition) is 2. The fourth-order valence-corrected chi connectivity index (χ4v) is 6.52. The van der Waals surface area contributed by atoms with E-state index in [-0.39, 0.29) is 46.5 Å². The smallest absolute Gasteiger partial charge is 0.339 e. The van der Waals surface area contributed by atoms with Crippen molar-refractivity contribution in [3.8, 4) is 22.8 Å². The summed E-state index contributed by atoms with van der Waals surface area (Å²) in [6.45, 7) is 12.7. The third kappa shape index (κ3) is 4.61. The van der Waals surface area contributed by atoms with Crippen LogP contribution < -0.4 is 4.74 Å². The number of aromatic carboxylic acids is 1. The van der Waals surface area contributed by atoms with Crippen LogP contribution >= 0.6 is 0 Å². The first kappa shape index (κ1) is 26.0. The lowest BCUT2D eigenvalue weighted by Crippen LogP contribution is -2.53. The predicted octanol–water partition coefficient (Wildman–Crippen LogP) is 6.54. The number of fused-ring (bicyclic) bond motifs is 4. The Morgan fingerprint density at radius 3 is 2.62 bits per heavy atom. The maximum atomic E-state index is 11.2. The van der Waals surface area contributed by atoms with Gasteiger partial charge in [-0.15, -0.1) is 0 Å². The molecule has 7 nitrogen and oxygen atoms in total. The van der Waals surface area contributed by atoms with E-state index in [0.29, 0.717) is 17.9 Å². The van der Waals surface area contributed by atoms with Gasteiger partial charge in [-0.1, -0.05) is 32.9 Å². The molecule has 0 unspecified atom stereocenters. The van der Waals surface area contributed by atoms with E-state index in [2.05, 4.69) is 57.7 Å². The molecule has 0 bridgehead atoms. The average molecular weight is 532 g/mol. The van der Waals surface area contributed by atoms with Crippen LogP contribution in [0.4, 0.5) is 0 Å². The quantitative estimate of drug-likeness (QED) is 0.395. The lowest BCUT2D eigenvalue weighted by atomic mass is 9.73. The third-order valence-corrected chi connectivity index (χ3v) is 8.76. The number of nitrogens with zero attached hydrogens (tertiary/aromatic N) is 1. The van der Waals surface area contributed by atoms with Gasteiger partial charge in [0.2, 0.25) is 0 Å². The second kappa shape index (κ2) is 9.14. The molecule has 39 heavy (non-hydrogen) atoms. The number of rotatable bonds is 4. The summed E-state index contributed by atoms with van der Waals surface area (Å²) in [7, 11) is 0. The molecule has 0 amide bonds. The largest absolute Gasteiger partial charge is 0.507 e. The first-order valence-corrected chi connectivity index (χ1v) is 13.8. The lowest BCUT2D eigenvalue weighted by Gasteiger charge is -2.51. The Morgan fingerprint density at radius 2 is 1.90 bits per heavy atom. The summed E-state index contributed by atoms with van der Waals surface area (Å²) in [4.78, 5) is 13.7. The number of aromatic hydroxyl groups is 1. The molecule has 0 saturated carbocycles.